The number of carbonyl (C=O) groups is 1. The molecule has 0 radical (unpaired) electrons. The van der Waals surface area contributed by atoms with Crippen LogP contribution < -0.4 is 5.56 Å². The van der Waals surface area contributed by atoms with Gasteiger partial charge in [0.1, 0.15) is 12.2 Å². The zero-order valence-corrected chi connectivity index (χ0v) is 16.4. The van der Waals surface area contributed by atoms with Gasteiger partial charge < -0.3 is 19.4 Å². The molecule has 150 valence electrons. The standard InChI is InChI=1S/C23H19N3O4/c1-2-23(29)9-20(27)30-11-15-16(23)8-19-21-14(10-26(19)22(15)28)5-13-7-17-12(3-4-24-17)6-18(13)25-21/h3-8,25,29H,2,9-11H2,1H3. The third-order valence-corrected chi connectivity index (χ3v) is 6.46. The van der Waals surface area contributed by atoms with Gasteiger partial charge in [-0.05, 0) is 47.9 Å². The summed E-state index contributed by atoms with van der Waals surface area (Å²) in [7, 11) is 0. The highest BCUT2D eigenvalue weighted by atomic mass is 16.5. The first-order valence-corrected chi connectivity index (χ1v) is 10.0. The number of aliphatic hydroxyl groups is 1. The van der Waals surface area contributed by atoms with E-state index in [1.807, 2.05) is 18.2 Å². The molecule has 1 unspecified atom stereocenters. The largest absolute Gasteiger partial charge is 0.460 e. The van der Waals surface area contributed by atoms with Gasteiger partial charge in [-0.15, -0.1) is 0 Å². The van der Waals surface area contributed by atoms with Crippen LogP contribution >= 0.6 is 0 Å². The molecule has 2 aliphatic rings. The summed E-state index contributed by atoms with van der Waals surface area (Å²) >= 11 is 0. The van der Waals surface area contributed by atoms with Gasteiger partial charge in [-0.3, -0.25) is 14.6 Å². The quantitative estimate of drug-likeness (QED) is 0.421. The lowest BCUT2D eigenvalue weighted by atomic mass is 9.85. The van der Waals surface area contributed by atoms with Gasteiger partial charge in [0.05, 0.1) is 35.4 Å². The molecule has 0 fully saturated rings. The van der Waals surface area contributed by atoms with Gasteiger partial charge in [0.2, 0.25) is 0 Å². The van der Waals surface area contributed by atoms with Crippen LogP contribution in [0.15, 0.2) is 41.3 Å². The number of fused-ring (bicyclic) bond motifs is 6. The van der Waals surface area contributed by atoms with Crippen LogP contribution in [0.1, 0.15) is 36.5 Å². The van der Waals surface area contributed by atoms with Crippen molar-refractivity contribution < 1.29 is 14.6 Å². The Bertz CT molecular complexity index is 1450. The lowest BCUT2D eigenvalue weighted by molar-refractivity contribution is -0.149. The molecule has 30 heavy (non-hydrogen) atoms. The number of H-pyrrole nitrogens is 1. The van der Waals surface area contributed by atoms with Crippen molar-refractivity contribution in [2.75, 3.05) is 0 Å². The fourth-order valence-electron chi connectivity index (χ4n) is 4.75. The number of ether oxygens (including phenoxy) is 1. The van der Waals surface area contributed by atoms with E-state index in [-0.39, 0.29) is 18.6 Å². The van der Waals surface area contributed by atoms with Gasteiger partial charge in [0.15, 0.2) is 0 Å². The van der Waals surface area contributed by atoms with Crippen LogP contribution in [0, 0.1) is 0 Å². The molecule has 0 spiro atoms. The Kier molecular flexibility index (Phi) is 3.36. The maximum absolute atomic E-state index is 13.3. The first kappa shape index (κ1) is 17.4. The molecule has 1 atom stereocenters. The normalized spacial score (nSPS) is 20.0. The smallest absolute Gasteiger partial charge is 0.309 e. The minimum absolute atomic E-state index is 0.113. The van der Waals surface area contributed by atoms with Crippen LogP contribution in [0.2, 0.25) is 0 Å². The molecule has 7 nitrogen and oxygen atoms in total. The van der Waals surface area contributed by atoms with Gasteiger partial charge in [-0.1, -0.05) is 6.92 Å². The molecule has 0 amide bonds. The maximum atomic E-state index is 13.3. The lowest BCUT2D eigenvalue weighted by Gasteiger charge is -2.26. The summed E-state index contributed by atoms with van der Waals surface area (Å²) in [6.07, 6.45) is 1.94. The number of carbonyl (C=O) groups excluding carboxylic acids is 1. The number of nitrogens with zero attached hydrogens (tertiary/aromatic N) is 2. The topological polar surface area (TPSA) is 97.2 Å². The van der Waals surface area contributed by atoms with E-state index in [2.05, 4.69) is 22.1 Å². The Morgan fingerprint density at radius 2 is 2.10 bits per heavy atom. The first-order chi connectivity index (χ1) is 14.5. The molecule has 0 saturated carbocycles. The van der Waals surface area contributed by atoms with Crippen molar-refractivity contribution in [3.8, 4) is 11.4 Å². The number of pyridine rings is 2. The average molecular weight is 401 g/mol. The predicted molar refractivity (Wildman–Crippen MR) is 111 cm³/mol. The summed E-state index contributed by atoms with van der Waals surface area (Å²) in [4.78, 5) is 33.2. The molecule has 0 saturated heterocycles. The van der Waals surface area contributed by atoms with Crippen LogP contribution in [-0.2, 0) is 28.3 Å². The highest BCUT2D eigenvalue weighted by Crippen LogP contribution is 2.39. The monoisotopic (exact) mass is 401 g/mol. The van der Waals surface area contributed by atoms with Crippen molar-refractivity contribution in [1.82, 2.24) is 14.5 Å². The van der Waals surface area contributed by atoms with E-state index < -0.39 is 11.6 Å². The van der Waals surface area contributed by atoms with Gasteiger partial charge in [-0.25, -0.2) is 0 Å². The first-order valence-electron chi connectivity index (χ1n) is 10.0. The second-order valence-electron chi connectivity index (χ2n) is 8.15. The molecule has 0 bridgehead atoms. The molecular weight excluding hydrogens is 382 g/mol. The van der Waals surface area contributed by atoms with Gasteiger partial charge in [-0.2, -0.15) is 0 Å². The van der Waals surface area contributed by atoms with Crippen molar-refractivity contribution in [3.63, 3.8) is 0 Å². The summed E-state index contributed by atoms with van der Waals surface area (Å²) in [6.45, 7) is 2.12. The third-order valence-electron chi connectivity index (χ3n) is 6.46. The Hall–Kier alpha value is -3.45. The van der Waals surface area contributed by atoms with Gasteiger partial charge in [0, 0.05) is 22.5 Å². The number of hydrogen-bond donors (Lipinski definition) is 2. The van der Waals surface area contributed by atoms with Crippen molar-refractivity contribution in [1.29, 1.82) is 0 Å². The number of cyclic esters (lactones) is 1. The molecule has 5 heterocycles. The third kappa shape index (κ3) is 2.26. The van der Waals surface area contributed by atoms with E-state index >= 15 is 0 Å². The van der Waals surface area contributed by atoms with Crippen molar-refractivity contribution in [2.45, 2.75) is 38.5 Å². The molecule has 6 rings (SSSR count). The molecule has 3 aromatic heterocycles. The second-order valence-corrected chi connectivity index (χ2v) is 8.15. The molecule has 7 heteroatoms. The summed E-state index contributed by atoms with van der Waals surface area (Å²) in [5.74, 6) is -0.495. The minimum Gasteiger partial charge on any atom is -0.460 e. The van der Waals surface area contributed by atoms with Crippen LogP contribution in [0.3, 0.4) is 0 Å². The summed E-state index contributed by atoms with van der Waals surface area (Å²) in [6, 6.07) is 9.99. The van der Waals surface area contributed by atoms with E-state index in [0.717, 1.165) is 38.8 Å². The Morgan fingerprint density at radius 3 is 2.93 bits per heavy atom. The molecule has 2 aliphatic heterocycles. The minimum atomic E-state index is -1.41. The van der Waals surface area contributed by atoms with Crippen molar-refractivity contribution >= 4 is 27.8 Å². The molecule has 1 aromatic carbocycles. The fraction of sp³-hybridized carbons (Fsp3) is 0.261. The Labute approximate surface area is 170 Å². The van der Waals surface area contributed by atoms with Crippen LogP contribution in [-0.4, -0.2) is 25.6 Å². The number of hydrogen-bond acceptors (Lipinski definition) is 5. The fourth-order valence-corrected chi connectivity index (χ4v) is 4.75. The number of esters is 1. The van der Waals surface area contributed by atoms with Crippen LogP contribution in [0.5, 0.6) is 0 Å². The van der Waals surface area contributed by atoms with Crippen molar-refractivity contribution in [2.24, 2.45) is 0 Å². The van der Waals surface area contributed by atoms with Crippen LogP contribution in [0.25, 0.3) is 33.2 Å². The van der Waals surface area contributed by atoms with Gasteiger partial charge >= 0.3 is 5.97 Å². The SMILES string of the molecule is CCC1(O)CC(=O)OCc2c1cc1n(c2=O)Cc2cc3cc4nccc4cc3[nH]c2-1. The number of aromatic nitrogens is 3. The Balaban J connectivity index is 1.62. The van der Waals surface area contributed by atoms with Crippen LogP contribution in [0.4, 0.5) is 0 Å². The summed E-state index contributed by atoms with van der Waals surface area (Å²) < 4.78 is 6.90. The van der Waals surface area contributed by atoms with E-state index in [0.29, 0.717) is 24.1 Å². The molecule has 0 aliphatic carbocycles. The van der Waals surface area contributed by atoms with Gasteiger partial charge in [0.25, 0.3) is 5.56 Å². The zero-order chi connectivity index (χ0) is 20.6. The maximum Gasteiger partial charge on any atom is 0.309 e. The summed E-state index contributed by atoms with van der Waals surface area (Å²) in [5, 5.41) is 13.3. The zero-order valence-electron chi connectivity index (χ0n) is 16.4. The molecular formula is C23H19N3O4. The number of rotatable bonds is 1. The van der Waals surface area contributed by atoms with E-state index in [1.54, 1.807) is 17.7 Å². The van der Waals surface area contributed by atoms with E-state index in [9.17, 15) is 14.7 Å². The lowest BCUT2D eigenvalue weighted by Crippen LogP contribution is -2.32. The summed E-state index contributed by atoms with van der Waals surface area (Å²) in [5.41, 5.74) is 3.68. The number of nitrogens with one attached hydrogen (secondary N) is 1. The molecule has 2 N–H and O–H groups in total. The second kappa shape index (κ2) is 5.79. The van der Waals surface area contributed by atoms with Crippen molar-refractivity contribution in [3.05, 3.63) is 63.6 Å². The highest BCUT2D eigenvalue weighted by Gasteiger charge is 2.39. The average Bonchev–Trinajstić information content (AvgIpc) is 3.29. The Morgan fingerprint density at radius 1 is 1.23 bits per heavy atom. The van der Waals surface area contributed by atoms with E-state index in [1.165, 1.54) is 0 Å². The number of benzene rings is 1. The molecule has 4 aromatic rings. The number of aromatic amines is 1. The predicted octanol–water partition coefficient (Wildman–Crippen LogP) is 2.95. The van der Waals surface area contributed by atoms with E-state index in [4.69, 9.17) is 4.74 Å². The highest BCUT2D eigenvalue weighted by molar-refractivity contribution is 5.96.